The quantitative estimate of drug-likeness (QED) is 0.565. The van der Waals surface area contributed by atoms with Crippen molar-refractivity contribution < 1.29 is 9.53 Å². The number of aromatic nitrogens is 2. The Morgan fingerprint density at radius 3 is 2.64 bits per heavy atom. The zero-order chi connectivity index (χ0) is 10.4. The third kappa shape index (κ3) is 2.85. The standard InChI is InChI=1S/C9H11N3O2/c1-10-9-11-5-7(6-12-9)3-4-8(13)14-2/h3-6H,1-2H3,(H,10,11,12). The number of nitrogens with one attached hydrogen (secondary N) is 1. The lowest BCUT2D eigenvalue weighted by Crippen LogP contribution is -1.96. The molecule has 0 aliphatic carbocycles. The minimum atomic E-state index is -0.400. The van der Waals surface area contributed by atoms with Crippen molar-refractivity contribution >= 4 is 18.0 Å². The van der Waals surface area contributed by atoms with E-state index in [2.05, 4.69) is 20.0 Å². The molecule has 0 amide bonds. The van der Waals surface area contributed by atoms with Crippen LogP contribution in [0.4, 0.5) is 5.95 Å². The van der Waals surface area contributed by atoms with Crippen LogP contribution in [-0.2, 0) is 9.53 Å². The van der Waals surface area contributed by atoms with E-state index in [4.69, 9.17) is 0 Å². The molecule has 5 heteroatoms. The highest BCUT2D eigenvalue weighted by atomic mass is 16.5. The van der Waals surface area contributed by atoms with Crippen LogP contribution in [0.1, 0.15) is 5.56 Å². The summed E-state index contributed by atoms with van der Waals surface area (Å²) in [6.45, 7) is 0. The van der Waals surface area contributed by atoms with Gasteiger partial charge in [-0.3, -0.25) is 0 Å². The van der Waals surface area contributed by atoms with Gasteiger partial charge in [0.25, 0.3) is 0 Å². The molecule has 1 rings (SSSR count). The zero-order valence-electron chi connectivity index (χ0n) is 8.02. The molecular weight excluding hydrogens is 182 g/mol. The Hall–Kier alpha value is -1.91. The third-order valence-electron chi connectivity index (χ3n) is 1.51. The molecule has 1 N–H and O–H groups in total. The lowest BCUT2D eigenvalue weighted by atomic mass is 10.3. The topological polar surface area (TPSA) is 64.1 Å². The monoisotopic (exact) mass is 193 g/mol. The number of carbonyl (C=O) groups is 1. The van der Waals surface area contributed by atoms with Gasteiger partial charge in [0.15, 0.2) is 0 Å². The van der Waals surface area contributed by atoms with Crippen LogP contribution in [-0.4, -0.2) is 30.1 Å². The summed E-state index contributed by atoms with van der Waals surface area (Å²) in [5, 5.41) is 2.79. The van der Waals surface area contributed by atoms with Gasteiger partial charge < -0.3 is 10.1 Å². The molecule has 0 saturated heterocycles. The van der Waals surface area contributed by atoms with Crippen molar-refractivity contribution in [3.05, 3.63) is 24.0 Å². The molecule has 0 atom stereocenters. The molecule has 0 aliphatic rings. The fourth-order valence-electron chi connectivity index (χ4n) is 0.785. The number of ether oxygens (including phenoxy) is 1. The molecule has 14 heavy (non-hydrogen) atoms. The Bertz CT molecular complexity index is 332. The van der Waals surface area contributed by atoms with Crippen molar-refractivity contribution in [2.45, 2.75) is 0 Å². The smallest absolute Gasteiger partial charge is 0.330 e. The maximum Gasteiger partial charge on any atom is 0.330 e. The van der Waals surface area contributed by atoms with Crippen LogP contribution in [0.5, 0.6) is 0 Å². The maximum atomic E-state index is 10.7. The zero-order valence-corrected chi connectivity index (χ0v) is 8.02. The largest absolute Gasteiger partial charge is 0.466 e. The van der Waals surface area contributed by atoms with Crippen LogP contribution in [0, 0.1) is 0 Å². The first-order valence-electron chi connectivity index (χ1n) is 4.02. The van der Waals surface area contributed by atoms with E-state index in [1.54, 1.807) is 25.5 Å². The second-order valence-corrected chi connectivity index (χ2v) is 2.45. The second kappa shape index (κ2) is 4.96. The van der Waals surface area contributed by atoms with Gasteiger partial charge in [-0.15, -0.1) is 0 Å². The van der Waals surface area contributed by atoms with E-state index >= 15 is 0 Å². The molecule has 0 bridgehead atoms. The molecule has 0 radical (unpaired) electrons. The van der Waals surface area contributed by atoms with Gasteiger partial charge in [-0.2, -0.15) is 0 Å². The molecule has 0 fully saturated rings. The Labute approximate surface area is 81.8 Å². The lowest BCUT2D eigenvalue weighted by Gasteiger charge is -1.96. The summed E-state index contributed by atoms with van der Waals surface area (Å²) in [6.07, 6.45) is 6.12. The molecular formula is C9H11N3O2. The molecule has 0 unspecified atom stereocenters. The average molecular weight is 193 g/mol. The minimum absolute atomic E-state index is 0.400. The first kappa shape index (κ1) is 10.2. The van der Waals surface area contributed by atoms with Crippen LogP contribution in [0.2, 0.25) is 0 Å². The Balaban J connectivity index is 2.68. The number of rotatable bonds is 3. The molecule has 1 heterocycles. The molecule has 0 aromatic carbocycles. The van der Waals surface area contributed by atoms with Crippen molar-refractivity contribution in [2.24, 2.45) is 0 Å². The van der Waals surface area contributed by atoms with Crippen LogP contribution >= 0.6 is 0 Å². The number of methoxy groups -OCH3 is 1. The highest BCUT2D eigenvalue weighted by molar-refractivity contribution is 5.86. The van der Waals surface area contributed by atoms with Crippen LogP contribution < -0.4 is 5.32 Å². The highest BCUT2D eigenvalue weighted by Crippen LogP contribution is 2.01. The van der Waals surface area contributed by atoms with Gasteiger partial charge in [0.1, 0.15) is 0 Å². The summed E-state index contributed by atoms with van der Waals surface area (Å²) in [5.41, 5.74) is 0.745. The summed E-state index contributed by atoms with van der Waals surface area (Å²) in [6, 6.07) is 0. The third-order valence-corrected chi connectivity index (χ3v) is 1.51. The number of carbonyl (C=O) groups excluding carboxylic acids is 1. The number of hydrogen-bond acceptors (Lipinski definition) is 5. The number of hydrogen-bond donors (Lipinski definition) is 1. The highest BCUT2D eigenvalue weighted by Gasteiger charge is 1.93. The summed E-state index contributed by atoms with van der Waals surface area (Å²) >= 11 is 0. The van der Waals surface area contributed by atoms with Crippen LogP contribution in [0.3, 0.4) is 0 Å². The summed E-state index contributed by atoms with van der Waals surface area (Å²) in [4.78, 5) is 18.7. The fraction of sp³-hybridized carbons (Fsp3) is 0.222. The lowest BCUT2D eigenvalue weighted by molar-refractivity contribution is -0.134. The van der Waals surface area contributed by atoms with Crippen molar-refractivity contribution in [1.29, 1.82) is 0 Å². The van der Waals surface area contributed by atoms with E-state index in [-0.39, 0.29) is 0 Å². The van der Waals surface area contributed by atoms with Crippen molar-refractivity contribution in [3.63, 3.8) is 0 Å². The van der Waals surface area contributed by atoms with Gasteiger partial charge in [0.05, 0.1) is 7.11 Å². The van der Waals surface area contributed by atoms with E-state index in [0.717, 1.165) is 5.56 Å². The van der Waals surface area contributed by atoms with E-state index in [1.165, 1.54) is 13.2 Å². The van der Waals surface area contributed by atoms with Crippen molar-refractivity contribution in [2.75, 3.05) is 19.5 Å². The van der Waals surface area contributed by atoms with Gasteiger partial charge in [0.2, 0.25) is 5.95 Å². The predicted octanol–water partition coefficient (Wildman–Crippen LogP) is 0.704. The molecule has 5 nitrogen and oxygen atoms in total. The number of esters is 1. The Morgan fingerprint density at radius 2 is 2.14 bits per heavy atom. The van der Waals surface area contributed by atoms with E-state index in [1.807, 2.05) is 0 Å². The van der Waals surface area contributed by atoms with Gasteiger partial charge >= 0.3 is 5.97 Å². The predicted molar refractivity (Wildman–Crippen MR) is 52.6 cm³/mol. The Morgan fingerprint density at radius 1 is 1.50 bits per heavy atom. The average Bonchev–Trinajstić information content (AvgIpc) is 2.26. The first-order valence-corrected chi connectivity index (χ1v) is 4.02. The normalized spacial score (nSPS) is 10.1. The van der Waals surface area contributed by atoms with Gasteiger partial charge in [0, 0.05) is 31.1 Å². The molecule has 74 valence electrons. The van der Waals surface area contributed by atoms with Gasteiger partial charge in [-0.1, -0.05) is 0 Å². The first-order chi connectivity index (χ1) is 6.76. The van der Waals surface area contributed by atoms with E-state index in [0.29, 0.717) is 5.95 Å². The molecule has 1 aromatic rings. The van der Waals surface area contributed by atoms with E-state index < -0.39 is 5.97 Å². The molecule has 1 aromatic heterocycles. The van der Waals surface area contributed by atoms with E-state index in [9.17, 15) is 4.79 Å². The molecule has 0 aliphatic heterocycles. The minimum Gasteiger partial charge on any atom is -0.466 e. The van der Waals surface area contributed by atoms with Crippen LogP contribution in [0.25, 0.3) is 6.08 Å². The number of anilines is 1. The number of nitrogens with zero attached hydrogens (tertiary/aromatic N) is 2. The van der Waals surface area contributed by atoms with Crippen molar-refractivity contribution in [1.82, 2.24) is 9.97 Å². The maximum absolute atomic E-state index is 10.7. The fourth-order valence-corrected chi connectivity index (χ4v) is 0.785. The molecule has 0 spiro atoms. The van der Waals surface area contributed by atoms with Crippen molar-refractivity contribution in [3.8, 4) is 0 Å². The van der Waals surface area contributed by atoms with Gasteiger partial charge in [-0.05, 0) is 6.08 Å². The van der Waals surface area contributed by atoms with Crippen LogP contribution in [0.15, 0.2) is 18.5 Å². The summed E-state index contributed by atoms with van der Waals surface area (Å²) in [5.74, 6) is 0.142. The summed E-state index contributed by atoms with van der Waals surface area (Å²) < 4.78 is 4.44. The Kier molecular flexibility index (Phi) is 3.60. The summed E-state index contributed by atoms with van der Waals surface area (Å²) in [7, 11) is 3.06. The SMILES string of the molecule is CNc1ncc(C=CC(=O)OC)cn1. The molecule has 0 saturated carbocycles. The van der Waals surface area contributed by atoms with Gasteiger partial charge in [-0.25, -0.2) is 14.8 Å². The second-order valence-electron chi connectivity index (χ2n) is 2.45.